The molecule has 2 rings (SSSR count). The van der Waals surface area contributed by atoms with Gasteiger partial charge in [0.1, 0.15) is 5.69 Å². The number of amides is 1. The molecule has 0 saturated carbocycles. The molecule has 112 valence electrons. The van der Waals surface area contributed by atoms with Crippen molar-refractivity contribution < 1.29 is 13.2 Å². The minimum absolute atomic E-state index is 0.0314. The third-order valence-corrected chi connectivity index (χ3v) is 4.20. The molecule has 7 heteroatoms. The van der Waals surface area contributed by atoms with E-state index < -0.39 is 10.0 Å². The number of rotatable bonds is 4. The van der Waals surface area contributed by atoms with Crippen LogP contribution in [-0.4, -0.2) is 18.9 Å². The molecule has 0 bridgehead atoms. The zero-order valence-corrected chi connectivity index (χ0v) is 12.6. The zero-order valence-electron chi connectivity index (χ0n) is 11.8. The smallest absolute Gasteiger partial charge is 0.268 e. The fraction of sp³-hybridized carbons (Fsp3) is 0.214. The van der Waals surface area contributed by atoms with E-state index in [-0.39, 0.29) is 17.3 Å². The van der Waals surface area contributed by atoms with Crippen LogP contribution in [0.3, 0.4) is 0 Å². The number of hydrogen-bond acceptors (Lipinski definition) is 3. The predicted molar refractivity (Wildman–Crippen MR) is 79.1 cm³/mol. The van der Waals surface area contributed by atoms with Gasteiger partial charge in [0, 0.05) is 19.3 Å². The van der Waals surface area contributed by atoms with Crippen molar-refractivity contribution in [2.45, 2.75) is 18.4 Å². The molecule has 0 aliphatic carbocycles. The fourth-order valence-electron chi connectivity index (χ4n) is 1.95. The Labute approximate surface area is 123 Å². The molecule has 1 heterocycles. The van der Waals surface area contributed by atoms with E-state index in [2.05, 4.69) is 5.32 Å². The number of sulfonamides is 1. The van der Waals surface area contributed by atoms with E-state index in [0.29, 0.717) is 11.3 Å². The molecule has 0 unspecified atom stereocenters. The maximum atomic E-state index is 12.1. The second kappa shape index (κ2) is 5.71. The van der Waals surface area contributed by atoms with Crippen molar-refractivity contribution in [2.24, 2.45) is 12.2 Å². The molecule has 2 aromatic rings. The third-order valence-electron chi connectivity index (χ3n) is 3.29. The Morgan fingerprint density at radius 2 is 2.00 bits per heavy atom. The van der Waals surface area contributed by atoms with Crippen molar-refractivity contribution in [1.29, 1.82) is 0 Å². The Bertz CT molecular complexity index is 779. The average molecular weight is 307 g/mol. The van der Waals surface area contributed by atoms with Crippen LogP contribution in [0.4, 0.5) is 0 Å². The summed E-state index contributed by atoms with van der Waals surface area (Å²) in [6.45, 7) is 2.14. The van der Waals surface area contributed by atoms with Crippen LogP contribution in [-0.2, 0) is 23.6 Å². The van der Waals surface area contributed by atoms with Gasteiger partial charge in [-0.2, -0.15) is 0 Å². The van der Waals surface area contributed by atoms with Crippen LogP contribution in [0.2, 0.25) is 0 Å². The fourth-order valence-corrected chi connectivity index (χ4v) is 2.53. The maximum absolute atomic E-state index is 12.1. The van der Waals surface area contributed by atoms with Crippen molar-refractivity contribution in [3.05, 3.63) is 53.3 Å². The molecule has 0 radical (unpaired) electrons. The molecule has 0 saturated heterocycles. The largest absolute Gasteiger partial charge is 0.347 e. The minimum Gasteiger partial charge on any atom is -0.347 e. The third kappa shape index (κ3) is 3.50. The summed E-state index contributed by atoms with van der Waals surface area (Å²) in [5, 5.41) is 7.83. The van der Waals surface area contributed by atoms with Gasteiger partial charge in [0.2, 0.25) is 10.0 Å². The van der Waals surface area contributed by atoms with Crippen molar-refractivity contribution >= 4 is 15.9 Å². The summed E-state index contributed by atoms with van der Waals surface area (Å²) in [7, 11) is -1.92. The summed E-state index contributed by atoms with van der Waals surface area (Å²) in [6, 6.07) is 9.79. The Morgan fingerprint density at radius 3 is 2.57 bits per heavy atom. The zero-order chi connectivity index (χ0) is 15.6. The van der Waals surface area contributed by atoms with Crippen molar-refractivity contribution in [1.82, 2.24) is 9.88 Å². The van der Waals surface area contributed by atoms with Crippen molar-refractivity contribution in [3.63, 3.8) is 0 Å². The van der Waals surface area contributed by atoms with Gasteiger partial charge in [0.15, 0.2) is 0 Å². The number of nitrogens with one attached hydrogen (secondary N) is 1. The highest BCUT2D eigenvalue weighted by Crippen LogP contribution is 2.10. The second-order valence-electron chi connectivity index (χ2n) is 4.79. The standard InChI is InChI=1S/C14H17N3O3S/c1-10-6-7-13(17(10)2)14(18)16-9-11-4-3-5-12(8-11)21(15,19)20/h3-8H,9H2,1-2H3,(H,16,18)(H2,15,19,20). The van der Waals surface area contributed by atoms with E-state index >= 15 is 0 Å². The summed E-state index contributed by atoms with van der Waals surface area (Å²) in [5.41, 5.74) is 2.20. The van der Waals surface area contributed by atoms with Gasteiger partial charge < -0.3 is 9.88 Å². The van der Waals surface area contributed by atoms with Crippen LogP contribution in [0.15, 0.2) is 41.3 Å². The lowest BCUT2D eigenvalue weighted by atomic mass is 10.2. The summed E-state index contributed by atoms with van der Waals surface area (Å²) >= 11 is 0. The van der Waals surface area contributed by atoms with Gasteiger partial charge >= 0.3 is 0 Å². The van der Waals surface area contributed by atoms with Crippen LogP contribution in [0, 0.1) is 6.92 Å². The predicted octanol–water partition coefficient (Wildman–Crippen LogP) is 0.911. The molecular weight excluding hydrogens is 290 g/mol. The van der Waals surface area contributed by atoms with Crippen LogP contribution in [0.5, 0.6) is 0 Å². The van der Waals surface area contributed by atoms with E-state index in [0.717, 1.165) is 5.69 Å². The van der Waals surface area contributed by atoms with Gasteiger partial charge in [-0.15, -0.1) is 0 Å². The summed E-state index contributed by atoms with van der Waals surface area (Å²) in [4.78, 5) is 12.1. The number of carbonyl (C=O) groups is 1. The van der Waals surface area contributed by atoms with Crippen LogP contribution in [0.1, 0.15) is 21.7 Å². The molecule has 0 aliphatic heterocycles. The Balaban J connectivity index is 2.10. The number of nitrogens with two attached hydrogens (primary N) is 1. The normalized spacial score (nSPS) is 11.4. The molecule has 1 aromatic heterocycles. The molecule has 0 aliphatic rings. The minimum atomic E-state index is -3.74. The number of carbonyl (C=O) groups excluding carboxylic acids is 1. The molecule has 6 nitrogen and oxygen atoms in total. The molecule has 1 amide bonds. The number of aromatic nitrogens is 1. The Morgan fingerprint density at radius 1 is 1.29 bits per heavy atom. The summed E-state index contributed by atoms with van der Waals surface area (Å²) in [5.74, 6) is -0.216. The first-order valence-corrected chi connectivity index (χ1v) is 7.86. The van der Waals surface area contributed by atoms with E-state index in [1.165, 1.54) is 12.1 Å². The lowest BCUT2D eigenvalue weighted by Crippen LogP contribution is -2.25. The molecular formula is C14H17N3O3S. The molecule has 0 atom stereocenters. The second-order valence-corrected chi connectivity index (χ2v) is 6.36. The van der Waals surface area contributed by atoms with Crippen LogP contribution in [0.25, 0.3) is 0 Å². The quantitative estimate of drug-likeness (QED) is 0.879. The van der Waals surface area contributed by atoms with Gasteiger partial charge in [0.25, 0.3) is 5.91 Å². The lowest BCUT2D eigenvalue weighted by molar-refractivity contribution is 0.0942. The average Bonchev–Trinajstić information content (AvgIpc) is 2.76. The van der Waals surface area contributed by atoms with Gasteiger partial charge in [-0.3, -0.25) is 4.79 Å². The first-order valence-electron chi connectivity index (χ1n) is 6.31. The molecule has 1 aromatic carbocycles. The maximum Gasteiger partial charge on any atom is 0.268 e. The van der Waals surface area contributed by atoms with E-state index in [1.54, 1.807) is 22.8 Å². The molecule has 0 fully saturated rings. The Hall–Kier alpha value is -2.12. The van der Waals surface area contributed by atoms with Crippen LogP contribution < -0.4 is 10.5 Å². The lowest BCUT2D eigenvalue weighted by Gasteiger charge is -2.08. The van der Waals surface area contributed by atoms with E-state index in [4.69, 9.17) is 5.14 Å². The van der Waals surface area contributed by atoms with Crippen LogP contribution >= 0.6 is 0 Å². The topological polar surface area (TPSA) is 94.2 Å². The first kappa shape index (κ1) is 15.3. The van der Waals surface area contributed by atoms with Gasteiger partial charge in [-0.25, -0.2) is 13.6 Å². The molecule has 21 heavy (non-hydrogen) atoms. The van der Waals surface area contributed by atoms with E-state index in [1.807, 2.05) is 20.0 Å². The monoisotopic (exact) mass is 307 g/mol. The highest BCUT2D eigenvalue weighted by Gasteiger charge is 2.11. The number of nitrogens with zero attached hydrogens (tertiary/aromatic N) is 1. The van der Waals surface area contributed by atoms with Gasteiger partial charge in [0.05, 0.1) is 4.90 Å². The van der Waals surface area contributed by atoms with Gasteiger partial charge in [-0.05, 0) is 36.8 Å². The first-order chi connectivity index (χ1) is 9.79. The van der Waals surface area contributed by atoms with E-state index in [9.17, 15) is 13.2 Å². The number of aryl methyl sites for hydroxylation is 1. The number of benzene rings is 1. The molecule has 0 spiro atoms. The highest BCUT2D eigenvalue weighted by molar-refractivity contribution is 7.89. The SMILES string of the molecule is Cc1ccc(C(=O)NCc2cccc(S(N)(=O)=O)c2)n1C. The van der Waals surface area contributed by atoms with Gasteiger partial charge in [-0.1, -0.05) is 12.1 Å². The number of primary sulfonamides is 1. The highest BCUT2D eigenvalue weighted by atomic mass is 32.2. The summed E-state index contributed by atoms with van der Waals surface area (Å²) < 4.78 is 24.3. The van der Waals surface area contributed by atoms with Crippen molar-refractivity contribution in [2.75, 3.05) is 0 Å². The van der Waals surface area contributed by atoms with Crippen molar-refractivity contribution in [3.8, 4) is 0 Å². The number of hydrogen-bond donors (Lipinski definition) is 2. The Kier molecular flexibility index (Phi) is 4.15. The summed E-state index contributed by atoms with van der Waals surface area (Å²) in [6.07, 6.45) is 0. The molecule has 3 N–H and O–H groups in total.